The first-order chi connectivity index (χ1) is 5.29. The molecule has 0 bridgehead atoms. The topological polar surface area (TPSA) is 37.3 Å². The van der Waals surface area contributed by atoms with Crippen LogP contribution in [0.3, 0.4) is 0 Å². The Hall–Kier alpha value is -1.31. The first-order valence-corrected chi connectivity index (χ1v) is 3.59. The number of hydrogen-bond acceptors (Lipinski definition) is 1. The normalized spacial score (nSPS) is 20.2. The molecule has 0 aliphatic heterocycles. The summed E-state index contributed by atoms with van der Waals surface area (Å²) >= 11 is 0. The van der Waals surface area contributed by atoms with Crippen LogP contribution in [0.15, 0.2) is 24.3 Å². The number of fused-ring (bicyclic) bond motifs is 1. The summed E-state index contributed by atoms with van der Waals surface area (Å²) in [6, 6.07) is 7.69. The van der Waals surface area contributed by atoms with E-state index in [1.54, 1.807) is 0 Å². The lowest BCUT2D eigenvalue weighted by molar-refractivity contribution is -0.139. The van der Waals surface area contributed by atoms with Gasteiger partial charge in [0.05, 0.1) is 5.92 Å². The van der Waals surface area contributed by atoms with Crippen molar-refractivity contribution in [1.82, 2.24) is 0 Å². The molecular formula is C9H8O2. The summed E-state index contributed by atoms with van der Waals surface area (Å²) in [6.45, 7) is 0. The molecule has 0 fully saturated rings. The molecule has 2 nitrogen and oxygen atoms in total. The van der Waals surface area contributed by atoms with Crippen LogP contribution in [-0.2, 0) is 11.2 Å². The summed E-state index contributed by atoms with van der Waals surface area (Å²) in [6.07, 6.45) is 0.700. The Morgan fingerprint density at radius 3 is 2.82 bits per heavy atom. The van der Waals surface area contributed by atoms with Crippen molar-refractivity contribution >= 4 is 5.97 Å². The highest BCUT2D eigenvalue weighted by molar-refractivity contribution is 5.80. The molecule has 0 spiro atoms. The van der Waals surface area contributed by atoms with E-state index in [0.717, 1.165) is 5.56 Å². The highest BCUT2D eigenvalue weighted by Crippen LogP contribution is 2.34. The molecule has 0 unspecified atom stereocenters. The molecule has 0 saturated carbocycles. The average Bonchev–Trinajstić information content (AvgIpc) is 1.90. The van der Waals surface area contributed by atoms with Crippen LogP contribution in [0.1, 0.15) is 17.0 Å². The molecule has 0 radical (unpaired) electrons. The van der Waals surface area contributed by atoms with Gasteiger partial charge in [0.1, 0.15) is 0 Å². The van der Waals surface area contributed by atoms with Gasteiger partial charge in [0.2, 0.25) is 0 Å². The maximum absolute atomic E-state index is 10.5. The highest BCUT2D eigenvalue weighted by atomic mass is 16.4. The summed E-state index contributed by atoms with van der Waals surface area (Å²) < 4.78 is 0. The first kappa shape index (κ1) is 6.40. The van der Waals surface area contributed by atoms with Crippen molar-refractivity contribution in [3.8, 4) is 0 Å². The van der Waals surface area contributed by atoms with E-state index in [1.165, 1.54) is 5.56 Å². The summed E-state index contributed by atoms with van der Waals surface area (Å²) in [5, 5.41) is 8.68. The molecule has 0 saturated heterocycles. The van der Waals surface area contributed by atoms with Crippen LogP contribution in [0.2, 0.25) is 0 Å². The van der Waals surface area contributed by atoms with E-state index in [4.69, 9.17) is 5.11 Å². The van der Waals surface area contributed by atoms with Crippen molar-refractivity contribution in [1.29, 1.82) is 0 Å². The monoisotopic (exact) mass is 148 g/mol. The SMILES string of the molecule is O=C(O)[C@@H]1Cc2ccccc21. The number of rotatable bonds is 1. The maximum atomic E-state index is 10.5. The Kier molecular flexibility index (Phi) is 1.22. The van der Waals surface area contributed by atoms with Gasteiger partial charge in [-0.2, -0.15) is 0 Å². The number of hydrogen-bond donors (Lipinski definition) is 1. The van der Waals surface area contributed by atoms with Crippen LogP contribution in [0.4, 0.5) is 0 Å². The number of carboxylic acid groups (broad SMARTS) is 1. The lowest BCUT2D eigenvalue weighted by atomic mass is 9.78. The lowest BCUT2D eigenvalue weighted by Gasteiger charge is -2.25. The molecule has 2 rings (SSSR count). The molecule has 1 aromatic carbocycles. The number of carbonyl (C=O) groups is 1. The highest BCUT2D eigenvalue weighted by Gasteiger charge is 2.30. The van der Waals surface area contributed by atoms with Gasteiger partial charge in [0, 0.05) is 0 Å². The minimum absolute atomic E-state index is 0.244. The van der Waals surface area contributed by atoms with Crippen molar-refractivity contribution in [3.63, 3.8) is 0 Å². The van der Waals surface area contributed by atoms with E-state index in [-0.39, 0.29) is 5.92 Å². The summed E-state index contributed by atoms with van der Waals surface area (Å²) in [4.78, 5) is 10.5. The van der Waals surface area contributed by atoms with Gasteiger partial charge >= 0.3 is 5.97 Å². The fourth-order valence-corrected chi connectivity index (χ4v) is 1.48. The van der Waals surface area contributed by atoms with Crippen LogP contribution in [0.5, 0.6) is 0 Å². The Morgan fingerprint density at radius 1 is 1.45 bits per heavy atom. The molecule has 1 aliphatic rings. The molecule has 56 valence electrons. The van der Waals surface area contributed by atoms with Crippen molar-refractivity contribution < 1.29 is 9.90 Å². The maximum Gasteiger partial charge on any atom is 0.311 e. The summed E-state index contributed by atoms with van der Waals surface area (Å²) in [7, 11) is 0. The van der Waals surface area contributed by atoms with E-state index in [9.17, 15) is 4.79 Å². The Balaban J connectivity index is 2.36. The second-order valence-electron chi connectivity index (χ2n) is 2.79. The van der Waals surface area contributed by atoms with Crippen molar-refractivity contribution in [2.24, 2.45) is 0 Å². The predicted molar refractivity (Wildman–Crippen MR) is 40.5 cm³/mol. The Labute approximate surface area is 64.5 Å². The third-order valence-corrected chi connectivity index (χ3v) is 2.15. The summed E-state index contributed by atoms with van der Waals surface area (Å²) in [5.41, 5.74) is 2.17. The minimum Gasteiger partial charge on any atom is -0.481 e. The van der Waals surface area contributed by atoms with Gasteiger partial charge in [0.25, 0.3) is 0 Å². The third kappa shape index (κ3) is 0.827. The Morgan fingerprint density at radius 2 is 2.18 bits per heavy atom. The zero-order valence-electron chi connectivity index (χ0n) is 5.95. The average molecular weight is 148 g/mol. The zero-order chi connectivity index (χ0) is 7.84. The standard InChI is InChI=1S/C9H8O2/c10-9(11)8-5-6-3-1-2-4-7(6)8/h1-4,8H,5H2,(H,10,11)/t8-/m1/s1. The van der Waals surface area contributed by atoms with E-state index < -0.39 is 5.97 Å². The second-order valence-corrected chi connectivity index (χ2v) is 2.79. The van der Waals surface area contributed by atoms with Gasteiger partial charge in [-0.05, 0) is 17.5 Å². The molecular weight excluding hydrogens is 140 g/mol. The van der Waals surface area contributed by atoms with Gasteiger partial charge in [-0.15, -0.1) is 0 Å². The van der Waals surface area contributed by atoms with Gasteiger partial charge < -0.3 is 5.11 Å². The van der Waals surface area contributed by atoms with Crippen LogP contribution in [0.25, 0.3) is 0 Å². The number of aliphatic carboxylic acids is 1. The predicted octanol–water partition coefficient (Wildman–Crippen LogP) is 1.41. The smallest absolute Gasteiger partial charge is 0.311 e. The molecule has 11 heavy (non-hydrogen) atoms. The van der Waals surface area contributed by atoms with E-state index >= 15 is 0 Å². The number of benzene rings is 1. The van der Waals surface area contributed by atoms with Gasteiger partial charge in [-0.3, -0.25) is 4.79 Å². The van der Waals surface area contributed by atoms with Crippen LogP contribution in [-0.4, -0.2) is 11.1 Å². The molecule has 0 heterocycles. The van der Waals surface area contributed by atoms with Crippen molar-refractivity contribution in [2.75, 3.05) is 0 Å². The quantitative estimate of drug-likeness (QED) is 0.653. The first-order valence-electron chi connectivity index (χ1n) is 3.59. The van der Waals surface area contributed by atoms with E-state index in [1.807, 2.05) is 24.3 Å². The molecule has 2 heteroatoms. The molecule has 0 aromatic heterocycles. The summed E-state index contributed by atoms with van der Waals surface area (Å²) in [5.74, 6) is -0.949. The molecule has 1 aromatic rings. The zero-order valence-corrected chi connectivity index (χ0v) is 5.95. The minimum atomic E-state index is -0.705. The lowest BCUT2D eigenvalue weighted by Crippen LogP contribution is -2.24. The van der Waals surface area contributed by atoms with Crippen LogP contribution in [0, 0.1) is 0 Å². The molecule has 0 amide bonds. The molecule has 1 aliphatic carbocycles. The van der Waals surface area contributed by atoms with Crippen LogP contribution >= 0.6 is 0 Å². The Bertz CT molecular complexity index is 304. The number of carboxylic acids is 1. The molecule has 1 atom stereocenters. The van der Waals surface area contributed by atoms with Crippen molar-refractivity contribution in [2.45, 2.75) is 12.3 Å². The van der Waals surface area contributed by atoms with E-state index in [2.05, 4.69) is 0 Å². The van der Waals surface area contributed by atoms with Gasteiger partial charge in [-0.1, -0.05) is 24.3 Å². The van der Waals surface area contributed by atoms with Gasteiger partial charge in [0.15, 0.2) is 0 Å². The fraction of sp³-hybridized carbons (Fsp3) is 0.222. The second kappa shape index (κ2) is 2.09. The van der Waals surface area contributed by atoms with E-state index in [0.29, 0.717) is 6.42 Å². The fourth-order valence-electron chi connectivity index (χ4n) is 1.48. The van der Waals surface area contributed by atoms with Gasteiger partial charge in [-0.25, -0.2) is 0 Å². The molecule has 1 N–H and O–H groups in total. The van der Waals surface area contributed by atoms with Crippen molar-refractivity contribution in [3.05, 3.63) is 35.4 Å². The largest absolute Gasteiger partial charge is 0.481 e. The third-order valence-electron chi connectivity index (χ3n) is 2.15. The van der Waals surface area contributed by atoms with Crippen LogP contribution < -0.4 is 0 Å².